The highest BCUT2D eigenvalue weighted by atomic mass is 19.2. The van der Waals surface area contributed by atoms with Gasteiger partial charge in [0.15, 0.2) is 13.6 Å². The highest BCUT2D eigenvalue weighted by Gasteiger charge is 2.31. The van der Waals surface area contributed by atoms with Gasteiger partial charge in [0.25, 0.3) is 0 Å². The first-order valence-corrected chi connectivity index (χ1v) is 7.10. The third-order valence-corrected chi connectivity index (χ3v) is 2.50. The van der Waals surface area contributed by atoms with Crippen molar-refractivity contribution in [1.82, 2.24) is 0 Å². The molecule has 0 unspecified atom stereocenters. The van der Waals surface area contributed by atoms with E-state index in [-0.39, 0.29) is 6.61 Å². The zero-order valence-electron chi connectivity index (χ0n) is 13.7. The van der Waals surface area contributed by atoms with E-state index < -0.39 is 73.9 Å². The van der Waals surface area contributed by atoms with E-state index >= 15 is 0 Å². The Balaban J connectivity index is 2.88. The molecule has 0 saturated heterocycles. The quantitative estimate of drug-likeness (QED) is 0.155. The van der Waals surface area contributed by atoms with Gasteiger partial charge in [0.05, 0.1) is 6.61 Å². The molecule has 0 N–H and O–H groups in total. The van der Waals surface area contributed by atoms with Crippen LogP contribution in [-0.2, 0) is 18.9 Å². The normalized spacial score (nSPS) is 10.4. The molecule has 0 aliphatic carbocycles. The first kappa shape index (κ1) is 22.4. The average molecular weight is 404 g/mol. The van der Waals surface area contributed by atoms with Crippen molar-refractivity contribution in [3.63, 3.8) is 0 Å². The summed E-state index contributed by atoms with van der Waals surface area (Å²) in [5.41, 5.74) is 0. The lowest BCUT2D eigenvalue weighted by atomic mass is 10.2. The lowest BCUT2D eigenvalue weighted by Crippen LogP contribution is -2.18. The Labute approximate surface area is 148 Å². The Bertz CT molecular complexity index is 640. The fourth-order valence-electron chi connectivity index (χ4n) is 1.37. The van der Waals surface area contributed by atoms with E-state index in [4.69, 9.17) is 0 Å². The van der Waals surface area contributed by atoms with Gasteiger partial charge in [0, 0.05) is 6.61 Å². The van der Waals surface area contributed by atoms with Gasteiger partial charge in [-0.05, 0) is 6.92 Å². The van der Waals surface area contributed by atoms with Crippen molar-refractivity contribution in [2.45, 2.75) is 6.92 Å². The summed E-state index contributed by atoms with van der Waals surface area (Å²) >= 11 is 0. The van der Waals surface area contributed by atoms with Gasteiger partial charge in [0.1, 0.15) is 6.67 Å². The highest BCUT2D eigenvalue weighted by molar-refractivity contribution is 5.66. The maximum atomic E-state index is 13.8. The smallest absolute Gasteiger partial charge is 0.407 e. The molecule has 27 heavy (non-hydrogen) atoms. The fourth-order valence-corrected chi connectivity index (χ4v) is 1.37. The first-order valence-electron chi connectivity index (χ1n) is 7.10. The van der Waals surface area contributed by atoms with Gasteiger partial charge in [-0.25, -0.2) is 14.0 Å². The van der Waals surface area contributed by atoms with Crippen LogP contribution in [0.25, 0.3) is 0 Å². The maximum absolute atomic E-state index is 13.8. The number of hydrogen-bond acceptors (Lipinski definition) is 8. The molecule has 0 spiro atoms. The summed E-state index contributed by atoms with van der Waals surface area (Å²) in [5, 5.41) is 0. The van der Waals surface area contributed by atoms with E-state index in [1.54, 1.807) is 6.92 Å². The van der Waals surface area contributed by atoms with E-state index in [2.05, 4.69) is 28.4 Å². The number of ether oxygens (including phenoxy) is 6. The van der Waals surface area contributed by atoms with Crippen molar-refractivity contribution in [1.29, 1.82) is 0 Å². The lowest BCUT2D eigenvalue weighted by molar-refractivity contribution is -0.0349. The van der Waals surface area contributed by atoms with Gasteiger partial charge in [-0.3, -0.25) is 0 Å². The summed E-state index contributed by atoms with van der Waals surface area (Å²) in [6.07, 6.45) is -3.51. The predicted molar refractivity (Wildman–Crippen MR) is 73.8 cm³/mol. The average Bonchev–Trinajstić information content (AvgIpc) is 2.64. The van der Waals surface area contributed by atoms with Crippen molar-refractivity contribution < 1.29 is 60.0 Å². The standard InChI is InChI=1S/C14H13F5O8/c1-2-22-5-24-13(20)26-11-7(16)9(18)12(10(19)8(11)17)27-14(21)25-6-23-4-3-15/h2-6H2,1H3. The maximum Gasteiger partial charge on any atom is 0.516 e. The lowest BCUT2D eigenvalue weighted by Gasteiger charge is -2.12. The number of halogens is 5. The summed E-state index contributed by atoms with van der Waals surface area (Å²) in [4.78, 5) is 22.4. The third-order valence-electron chi connectivity index (χ3n) is 2.50. The van der Waals surface area contributed by atoms with Crippen molar-refractivity contribution in [3.8, 4) is 11.5 Å². The summed E-state index contributed by atoms with van der Waals surface area (Å²) in [6.45, 7) is -1.13. The van der Waals surface area contributed by atoms with E-state index in [9.17, 15) is 31.5 Å². The van der Waals surface area contributed by atoms with E-state index in [1.807, 2.05) is 0 Å². The molecule has 0 heterocycles. The Morgan fingerprint density at radius 2 is 1.19 bits per heavy atom. The topological polar surface area (TPSA) is 89.5 Å². The SMILES string of the molecule is CCOCOC(=O)Oc1c(F)c(F)c(OC(=O)OCOCCF)c(F)c1F. The minimum absolute atomic E-state index is 0.139. The number of carbonyl (C=O) groups is 2. The van der Waals surface area contributed by atoms with Crippen LogP contribution in [0.2, 0.25) is 0 Å². The number of benzene rings is 1. The number of rotatable bonds is 9. The second-order valence-electron chi connectivity index (χ2n) is 4.23. The van der Waals surface area contributed by atoms with Gasteiger partial charge >= 0.3 is 12.3 Å². The number of hydrogen-bond donors (Lipinski definition) is 0. The zero-order chi connectivity index (χ0) is 20.4. The molecule has 0 fully saturated rings. The molecule has 152 valence electrons. The van der Waals surface area contributed by atoms with Crippen LogP contribution >= 0.6 is 0 Å². The molecule has 0 saturated carbocycles. The predicted octanol–water partition coefficient (Wildman–Crippen LogP) is 3.21. The highest BCUT2D eigenvalue weighted by Crippen LogP contribution is 2.35. The number of alkyl halides is 1. The Morgan fingerprint density at radius 1 is 0.778 bits per heavy atom. The zero-order valence-corrected chi connectivity index (χ0v) is 13.7. The summed E-state index contributed by atoms with van der Waals surface area (Å²) in [6, 6.07) is 0. The van der Waals surface area contributed by atoms with E-state index in [0.717, 1.165) is 0 Å². The molecular formula is C14H13F5O8. The Hall–Kier alpha value is -2.67. The van der Waals surface area contributed by atoms with Crippen LogP contribution in [0, 0.1) is 23.3 Å². The van der Waals surface area contributed by atoms with Crippen molar-refractivity contribution in [3.05, 3.63) is 23.3 Å². The minimum Gasteiger partial charge on any atom is -0.407 e. The molecule has 0 radical (unpaired) electrons. The van der Waals surface area contributed by atoms with Crippen LogP contribution in [0.3, 0.4) is 0 Å². The van der Waals surface area contributed by atoms with Gasteiger partial charge in [-0.1, -0.05) is 0 Å². The summed E-state index contributed by atoms with van der Waals surface area (Å²) < 4.78 is 92.4. The Morgan fingerprint density at radius 3 is 1.56 bits per heavy atom. The molecule has 0 amide bonds. The van der Waals surface area contributed by atoms with E-state index in [0.29, 0.717) is 0 Å². The van der Waals surface area contributed by atoms with Crippen molar-refractivity contribution >= 4 is 12.3 Å². The Kier molecular flexibility index (Phi) is 9.22. The van der Waals surface area contributed by atoms with Gasteiger partial charge in [0.2, 0.25) is 34.8 Å². The van der Waals surface area contributed by atoms with Crippen molar-refractivity contribution in [2.24, 2.45) is 0 Å². The van der Waals surface area contributed by atoms with Gasteiger partial charge in [-0.2, -0.15) is 17.6 Å². The molecular weight excluding hydrogens is 391 g/mol. The second-order valence-corrected chi connectivity index (χ2v) is 4.23. The first-order chi connectivity index (χ1) is 12.8. The van der Waals surface area contributed by atoms with Gasteiger partial charge in [-0.15, -0.1) is 0 Å². The van der Waals surface area contributed by atoms with Crippen LogP contribution in [0.1, 0.15) is 6.92 Å². The largest absolute Gasteiger partial charge is 0.516 e. The minimum atomic E-state index is -2.19. The molecule has 1 aromatic rings. The number of carbonyl (C=O) groups excluding carboxylic acids is 2. The summed E-state index contributed by atoms with van der Waals surface area (Å²) in [5.74, 6) is -12.3. The summed E-state index contributed by atoms with van der Waals surface area (Å²) in [7, 11) is 0. The van der Waals surface area contributed by atoms with Crippen LogP contribution in [-0.4, -0.2) is 45.8 Å². The molecule has 8 nitrogen and oxygen atoms in total. The van der Waals surface area contributed by atoms with E-state index in [1.165, 1.54) is 0 Å². The molecule has 0 aliphatic rings. The van der Waals surface area contributed by atoms with Gasteiger partial charge < -0.3 is 28.4 Å². The third kappa shape index (κ3) is 6.53. The molecule has 1 rings (SSSR count). The molecule has 0 bridgehead atoms. The second kappa shape index (κ2) is 11.1. The monoisotopic (exact) mass is 404 g/mol. The van der Waals surface area contributed by atoms with Crippen LogP contribution in [0.4, 0.5) is 31.5 Å². The van der Waals surface area contributed by atoms with Crippen LogP contribution < -0.4 is 9.47 Å². The molecule has 0 aliphatic heterocycles. The van der Waals surface area contributed by atoms with Crippen LogP contribution in [0.15, 0.2) is 0 Å². The van der Waals surface area contributed by atoms with Crippen LogP contribution in [0.5, 0.6) is 11.5 Å². The fraction of sp³-hybridized carbons (Fsp3) is 0.429. The molecule has 0 aromatic heterocycles. The van der Waals surface area contributed by atoms with Crippen molar-refractivity contribution in [2.75, 3.05) is 33.5 Å². The molecule has 13 heteroatoms. The molecule has 0 atom stereocenters. The molecule has 1 aromatic carbocycles.